The van der Waals surface area contributed by atoms with Crippen LogP contribution >= 0.6 is 11.6 Å². The molecule has 0 heterocycles. The summed E-state index contributed by atoms with van der Waals surface area (Å²) in [7, 11) is -3.74. The highest BCUT2D eigenvalue weighted by atomic mass is 35.5. The van der Waals surface area contributed by atoms with Gasteiger partial charge in [0.15, 0.2) is 0 Å². The predicted octanol–water partition coefficient (Wildman–Crippen LogP) is 3.66. The van der Waals surface area contributed by atoms with Gasteiger partial charge in [-0.05, 0) is 48.9 Å². The minimum atomic E-state index is -3.74. The van der Waals surface area contributed by atoms with Gasteiger partial charge in [-0.2, -0.15) is 0 Å². The second-order valence-electron chi connectivity index (χ2n) is 5.46. The van der Waals surface area contributed by atoms with Gasteiger partial charge in [0, 0.05) is 10.7 Å². The molecule has 0 aliphatic rings. The third kappa shape index (κ3) is 4.93. The summed E-state index contributed by atoms with van der Waals surface area (Å²) < 4.78 is 38.6. The number of carbonyl (C=O) groups excluding carboxylic acids is 1. The summed E-state index contributed by atoms with van der Waals surface area (Å²) in [5.74, 6) is -0.943. The van der Waals surface area contributed by atoms with Gasteiger partial charge >= 0.3 is 0 Å². The second-order valence-corrected chi connectivity index (χ2v) is 7.75. The molecule has 5 nitrogen and oxygen atoms in total. The first-order chi connectivity index (χ1) is 11.7. The molecule has 25 heavy (non-hydrogen) atoms. The maximum atomic E-state index is 13.0. The fraction of sp³-hybridized carbons (Fsp3) is 0.235. The molecule has 2 aromatic carbocycles. The first kappa shape index (κ1) is 19.2. The molecule has 2 aromatic rings. The van der Waals surface area contributed by atoms with E-state index in [0.717, 1.165) is 10.6 Å². The van der Waals surface area contributed by atoms with Crippen LogP contribution in [0, 0.1) is 5.82 Å². The smallest absolute Gasteiger partial charge is 0.248 e. The summed E-state index contributed by atoms with van der Waals surface area (Å²) in [5, 5.41) is 2.97. The van der Waals surface area contributed by atoms with E-state index in [2.05, 4.69) is 5.32 Å². The van der Waals surface area contributed by atoms with E-state index in [4.69, 9.17) is 11.6 Å². The number of hydrogen-bond acceptors (Lipinski definition) is 3. The van der Waals surface area contributed by atoms with Crippen LogP contribution in [-0.4, -0.2) is 26.6 Å². The number of sulfonamides is 1. The molecule has 0 saturated carbocycles. The molecule has 0 saturated heterocycles. The molecule has 0 bridgehead atoms. The third-order valence-corrected chi connectivity index (χ3v) is 4.92. The van der Waals surface area contributed by atoms with Crippen LogP contribution in [0.15, 0.2) is 48.5 Å². The molecule has 0 aliphatic carbocycles. The lowest BCUT2D eigenvalue weighted by molar-refractivity contribution is -0.117. The lowest BCUT2D eigenvalue weighted by Gasteiger charge is -2.30. The first-order valence-electron chi connectivity index (χ1n) is 7.53. The van der Waals surface area contributed by atoms with E-state index in [-0.39, 0.29) is 6.42 Å². The Hall–Kier alpha value is -2.12. The van der Waals surface area contributed by atoms with Crippen LogP contribution in [0.25, 0.3) is 0 Å². The Morgan fingerprint density at radius 3 is 2.40 bits per heavy atom. The molecule has 1 atom stereocenters. The van der Waals surface area contributed by atoms with E-state index < -0.39 is 27.8 Å². The fourth-order valence-corrected chi connectivity index (χ4v) is 3.82. The minimum Gasteiger partial charge on any atom is -0.324 e. The van der Waals surface area contributed by atoms with E-state index in [9.17, 15) is 17.6 Å². The van der Waals surface area contributed by atoms with Crippen molar-refractivity contribution >= 4 is 38.9 Å². The Morgan fingerprint density at radius 1 is 1.24 bits per heavy atom. The van der Waals surface area contributed by atoms with E-state index in [1.807, 2.05) is 0 Å². The normalized spacial score (nSPS) is 12.5. The second kappa shape index (κ2) is 7.84. The third-order valence-electron chi connectivity index (χ3n) is 3.50. The molecule has 0 radical (unpaired) electrons. The molecule has 134 valence electrons. The van der Waals surface area contributed by atoms with E-state index in [1.165, 1.54) is 30.3 Å². The van der Waals surface area contributed by atoms with Crippen molar-refractivity contribution in [1.82, 2.24) is 0 Å². The Balaban J connectivity index is 2.36. The quantitative estimate of drug-likeness (QED) is 0.826. The average molecular weight is 385 g/mol. The van der Waals surface area contributed by atoms with Crippen LogP contribution in [0.2, 0.25) is 5.02 Å². The maximum Gasteiger partial charge on any atom is 0.248 e. The molecule has 1 amide bonds. The lowest BCUT2D eigenvalue weighted by atomic mass is 10.2. The van der Waals surface area contributed by atoms with Crippen molar-refractivity contribution in [2.24, 2.45) is 0 Å². The maximum absolute atomic E-state index is 13.0. The van der Waals surface area contributed by atoms with E-state index in [0.29, 0.717) is 16.4 Å². The number of nitrogens with zero attached hydrogens (tertiary/aromatic N) is 1. The summed E-state index contributed by atoms with van der Waals surface area (Å²) in [6, 6.07) is 10.5. The zero-order valence-electron chi connectivity index (χ0n) is 13.7. The zero-order valence-corrected chi connectivity index (χ0v) is 15.3. The average Bonchev–Trinajstić information content (AvgIpc) is 2.53. The van der Waals surface area contributed by atoms with Gasteiger partial charge in [0.1, 0.15) is 11.9 Å². The molecule has 1 N–H and O–H groups in total. The van der Waals surface area contributed by atoms with E-state index >= 15 is 0 Å². The summed E-state index contributed by atoms with van der Waals surface area (Å²) >= 11 is 5.95. The number of halogens is 2. The summed E-state index contributed by atoms with van der Waals surface area (Å²) in [6.45, 7) is 1.71. The van der Waals surface area contributed by atoms with Crippen LogP contribution in [0.3, 0.4) is 0 Å². The Kier molecular flexibility index (Phi) is 6.02. The standard InChI is InChI=1S/C17H18ClFN2O3S/c1-3-16(17(22)20-14-9-7-13(19)8-10-14)21(25(2,23)24)15-6-4-5-12(18)11-15/h4-11,16H,3H2,1-2H3,(H,20,22)/t16-/m1/s1. The summed E-state index contributed by atoms with van der Waals surface area (Å²) in [6.07, 6.45) is 1.27. The largest absolute Gasteiger partial charge is 0.324 e. The fourth-order valence-electron chi connectivity index (χ4n) is 2.43. The SMILES string of the molecule is CC[C@H](C(=O)Nc1ccc(F)cc1)N(c1cccc(Cl)c1)S(C)(=O)=O. The molecule has 0 aromatic heterocycles. The van der Waals surface area contributed by atoms with Gasteiger partial charge < -0.3 is 5.32 Å². The highest BCUT2D eigenvalue weighted by molar-refractivity contribution is 7.92. The Morgan fingerprint density at radius 2 is 1.88 bits per heavy atom. The van der Waals surface area contributed by atoms with Crippen molar-refractivity contribution in [3.63, 3.8) is 0 Å². The van der Waals surface area contributed by atoms with Crippen LogP contribution in [0.1, 0.15) is 13.3 Å². The van der Waals surface area contributed by atoms with Gasteiger partial charge in [-0.25, -0.2) is 12.8 Å². The van der Waals surface area contributed by atoms with E-state index in [1.54, 1.807) is 25.1 Å². The number of amides is 1. The minimum absolute atomic E-state index is 0.243. The highest BCUT2D eigenvalue weighted by Gasteiger charge is 2.31. The van der Waals surface area contributed by atoms with Gasteiger partial charge in [0.05, 0.1) is 11.9 Å². The van der Waals surface area contributed by atoms with Crippen molar-refractivity contribution < 1.29 is 17.6 Å². The number of rotatable bonds is 6. The van der Waals surface area contributed by atoms with Gasteiger partial charge in [-0.15, -0.1) is 0 Å². The molecule has 2 rings (SSSR count). The van der Waals surface area contributed by atoms with Gasteiger partial charge in [0.25, 0.3) is 0 Å². The number of anilines is 2. The van der Waals surface area contributed by atoms with Gasteiger partial charge in [0.2, 0.25) is 15.9 Å². The monoisotopic (exact) mass is 384 g/mol. The number of carbonyl (C=O) groups is 1. The molecular weight excluding hydrogens is 367 g/mol. The lowest BCUT2D eigenvalue weighted by Crippen LogP contribution is -2.47. The first-order valence-corrected chi connectivity index (χ1v) is 9.76. The van der Waals surface area contributed by atoms with Gasteiger partial charge in [-0.1, -0.05) is 24.6 Å². The Labute approximate surface area is 151 Å². The van der Waals surface area contributed by atoms with Crippen LogP contribution in [-0.2, 0) is 14.8 Å². The number of nitrogens with one attached hydrogen (secondary N) is 1. The molecule has 0 fully saturated rings. The van der Waals surface area contributed by atoms with Crippen molar-refractivity contribution in [3.8, 4) is 0 Å². The molecule has 0 unspecified atom stereocenters. The highest BCUT2D eigenvalue weighted by Crippen LogP contribution is 2.26. The van der Waals surface area contributed by atoms with Crippen LogP contribution in [0.5, 0.6) is 0 Å². The molecule has 8 heteroatoms. The Bertz CT molecular complexity index is 856. The molecule has 0 aliphatic heterocycles. The number of benzene rings is 2. The van der Waals surface area contributed by atoms with Crippen molar-refractivity contribution in [2.45, 2.75) is 19.4 Å². The van der Waals surface area contributed by atoms with Crippen molar-refractivity contribution in [2.75, 3.05) is 15.9 Å². The number of hydrogen-bond donors (Lipinski definition) is 1. The van der Waals surface area contributed by atoms with Crippen LogP contribution in [0.4, 0.5) is 15.8 Å². The topological polar surface area (TPSA) is 66.5 Å². The predicted molar refractivity (Wildman–Crippen MR) is 97.9 cm³/mol. The van der Waals surface area contributed by atoms with Crippen LogP contribution < -0.4 is 9.62 Å². The van der Waals surface area contributed by atoms with Crippen molar-refractivity contribution in [1.29, 1.82) is 0 Å². The summed E-state index contributed by atoms with van der Waals surface area (Å²) in [5.41, 5.74) is 0.681. The van der Waals surface area contributed by atoms with Crippen molar-refractivity contribution in [3.05, 3.63) is 59.4 Å². The van der Waals surface area contributed by atoms with Gasteiger partial charge in [-0.3, -0.25) is 9.10 Å². The molecule has 0 spiro atoms. The zero-order chi connectivity index (χ0) is 18.6. The summed E-state index contributed by atoms with van der Waals surface area (Å²) in [4.78, 5) is 12.6. The molecular formula is C17H18ClFN2O3S.